The fraction of sp³-hybridized carbons (Fsp3) is 0.250. The highest BCUT2D eigenvalue weighted by Gasteiger charge is 2.24. The molecule has 0 amide bonds. The van der Waals surface area contributed by atoms with Crippen LogP contribution in [0.1, 0.15) is 52.7 Å². The Hall–Kier alpha value is -3.46. The third-order valence-electron chi connectivity index (χ3n) is 8.12. The van der Waals surface area contributed by atoms with E-state index >= 15 is 0 Å². The highest BCUT2D eigenvalue weighted by molar-refractivity contribution is 6.62. The maximum Gasteiger partial charge on any atom is 0.144 e. The summed E-state index contributed by atoms with van der Waals surface area (Å²) in [6, 6.07) is 21.3. The molecule has 0 aliphatic rings. The lowest BCUT2D eigenvalue weighted by molar-refractivity contribution is 0.484. The van der Waals surface area contributed by atoms with Crippen LogP contribution in [0, 0.1) is 0 Å². The number of phenolic OH excluding ortho intramolecular Hbond substituents is 1. The van der Waals surface area contributed by atoms with Gasteiger partial charge in [0.05, 0.1) is 17.1 Å². The summed E-state index contributed by atoms with van der Waals surface area (Å²) in [7, 11) is 8.23. The summed E-state index contributed by atoms with van der Waals surface area (Å²) in [6.45, 7) is 13.6. The van der Waals surface area contributed by atoms with E-state index in [4.69, 9.17) is 5.73 Å². The van der Waals surface area contributed by atoms with E-state index in [1.807, 2.05) is 40.0 Å². The summed E-state index contributed by atoms with van der Waals surface area (Å²) in [5.41, 5.74) is 20.0. The molecule has 0 saturated carbocycles. The van der Waals surface area contributed by atoms with Gasteiger partial charge in [0, 0.05) is 11.1 Å². The fourth-order valence-electron chi connectivity index (χ4n) is 5.26. The first-order chi connectivity index (χ1) is 18.1. The molecule has 0 aromatic heterocycles. The van der Waals surface area contributed by atoms with Crippen molar-refractivity contribution in [2.45, 2.75) is 52.4 Å². The summed E-state index contributed by atoms with van der Waals surface area (Å²) in [4.78, 5) is 0. The van der Waals surface area contributed by atoms with Crippen LogP contribution in [0.4, 0.5) is 17.1 Å². The molecule has 4 rings (SSSR count). The molecule has 7 heteroatoms. The van der Waals surface area contributed by atoms with Crippen LogP contribution in [-0.4, -0.2) is 36.5 Å². The second kappa shape index (κ2) is 10.3. The van der Waals surface area contributed by atoms with Crippen molar-refractivity contribution in [1.29, 1.82) is 0 Å². The number of hydrogen-bond donors (Lipinski definition) is 3. The van der Waals surface area contributed by atoms with E-state index in [0.29, 0.717) is 11.4 Å². The van der Waals surface area contributed by atoms with Crippen molar-refractivity contribution in [3.8, 4) is 28.0 Å². The second-order valence-electron chi connectivity index (χ2n) is 13.0. The van der Waals surface area contributed by atoms with E-state index < -0.39 is 0 Å². The number of aromatic hydroxyl groups is 1. The van der Waals surface area contributed by atoms with E-state index in [1.54, 1.807) is 0 Å². The van der Waals surface area contributed by atoms with Gasteiger partial charge in [0.15, 0.2) is 0 Å². The van der Waals surface area contributed by atoms with Crippen molar-refractivity contribution in [3.63, 3.8) is 0 Å². The Labute approximate surface area is 238 Å². The van der Waals surface area contributed by atoms with Gasteiger partial charge >= 0.3 is 0 Å². The number of benzene rings is 4. The Morgan fingerprint density at radius 3 is 1.79 bits per heavy atom. The summed E-state index contributed by atoms with van der Waals surface area (Å²) in [6.07, 6.45) is 0. The Morgan fingerprint density at radius 1 is 0.667 bits per heavy atom. The van der Waals surface area contributed by atoms with E-state index in [9.17, 15) is 5.11 Å². The molecule has 0 saturated heterocycles. The van der Waals surface area contributed by atoms with Gasteiger partial charge in [0.2, 0.25) is 0 Å². The van der Waals surface area contributed by atoms with Crippen LogP contribution < -0.4 is 32.9 Å². The molecule has 0 spiro atoms. The zero-order valence-corrected chi connectivity index (χ0v) is 25.3. The number of para-hydroxylation sites is 3. The van der Waals surface area contributed by atoms with Crippen LogP contribution in [0.3, 0.4) is 0 Å². The van der Waals surface area contributed by atoms with Gasteiger partial charge < -0.3 is 16.2 Å². The SMILES string of the molecule is Bc1c(B)c(O)c(B)c(-c2cccc(-c3cc(C(C)(C)C)cc(C(C)(C)C)c3)c2Nc2ccccc2N)c1B. The summed E-state index contributed by atoms with van der Waals surface area (Å²) >= 11 is 0. The van der Waals surface area contributed by atoms with Crippen molar-refractivity contribution in [2.75, 3.05) is 11.1 Å². The lowest BCUT2D eigenvalue weighted by atomic mass is 9.64. The molecule has 0 unspecified atom stereocenters. The number of nitrogens with two attached hydrogens (primary N) is 1. The third-order valence-corrected chi connectivity index (χ3v) is 8.12. The van der Waals surface area contributed by atoms with Gasteiger partial charge in [-0.3, -0.25) is 0 Å². The number of anilines is 3. The standard InChI is InChI=1S/C32H40B4N2O/c1-31(2,3)18-14-17(15-19(16-18)32(4,5)6)20-10-9-11-21(29(20)38-23-13-8-7-12-22(23)37)24-25(33)27(35)28(36)30(39)26(24)34/h7-16,38-39H,33-37H2,1-6H3. The smallest absolute Gasteiger partial charge is 0.144 e. The van der Waals surface area contributed by atoms with E-state index in [1.165, 1.54) is 16.6 Å². The highest BCUT2D eigenvalue weighted by Crippen LogP contribution is 2.41. The minimum atomic E-state index is -0.00188. The van der Waals surface area contributed by atoms with Crippen LogP contribution in [-0.2, 0) is 10.8 Å². The molecule has 0 aliphatic carbocycles. The number of hydrogen-bond acceptors (Lipinski definition) is 3. The van der Waals surface area contributed by atoms with Crippen LogP contribution in [0.2, 0.25) is 0 Å². The summed E-state index contributed by atoms with van der Waals surface area (Å²) in [5.74, 6) is 0.355. The van der Waals surface area contributed by atoms with Crippen molar-refractivity contribution in [1.82, 2.24) is 0 Å². The van der Waals surface area contributed by atoms with Crippen LogP contribution in [0.5, 0.6) is 5.75 Å². The quantitative estimate of drug-likeness (QED) is 0.289. The monoisotopic (exact) mass is 512 g/mol. The summed E-state index contributed by atoms with van der Waals surface area (Å²) < 4.78 is 0. The Morgan fingerprint density at radius 2 is 1.23 bits per heavy atom. The first-order valence-corrected chi connectivity index (χ1v) is 13.8. The highest BCUT2D eigenvalue weighted by atomic mass is 16.3. The van der Waals surface area contributed by atoms with Gasteiger partial charge in [-0.05, 0) is 50.7 Å². The predicted molar refractivity (Wildman–Crippen MR) is 183 cm³/mol. The fourth-order valence-corrected chi connectivity index (χ4v) is 5.26. The maximum absolute atomic E-state index is 11.1. The molecule has 4 N–H and O–H groups in total. The average molecular weight is 512 g/mol. The Bertz CT molecular complexity index is 1500. The maximum atomic E-state index is 11.1. The second-order valence-corrected chi connectivity index (χ2v) is 13.0. The van der Waals surface area contributed by atoms with Crippen molar-refractivity contribution in [3.05, 3.63) is 71.8 Å². The van der Waals surface area contributed by atoms with Gasteiger partial charge in [-0.25, -0.2) is 0 Å². The van der Waals surface area contributed by atoms with Crippen molar-refractivity contribution >= 4 is 70.3 Å². The van der Waals surface area contributed by atoms with Gasteiger partial charge in [0.1, 0.15) is 37.1 Å². The normalized spacial score (nSPS) is 11.9. The lowest BCUT2D eigenvalue weighted by Crippen LogP contribution is -2.44. The van der Waals surface area contributed by atoms with Gasteiger partial charge in [-0.2, -0.15) is 0 Å². The minimum Gasteiger partial charge on any atom is -0.509 e. The summed E-state index contributed by atoms with van der Waals surface area (Å²) in [5, 5.41) is 14.8. The number of nitrogens with one attached hydrogen (secondary N) is 1. The average Bonchev–Trinajstić information content (AvgIpc) is 2.87. The minimum absolute atomic E-state index is 0.00188. The molecule has 0 aliphatic heterocycles. The van der Waals surface area contributed by atoms with Crippen molar-refractivity contribution < 1.29 is 5.11 Å². The molecule has 0 bridgehead atoms. The number of nitrogen functional groups attached to an aromatic ring is 1. The molecular weight excluding hydrogens is 472 g/mol. The lowest BCUT2D eigenvalue weighted by Gasteiger charge is -2.28. The van der Waals surface area contributed by atoms with Gasteiger partial charge in [0.25, 0.3) is 0 Å². The molecule has 4 aromatic carbocycles. The zero-order valence-electron chi connectivity index (χ0n) is 25.3. The molecule has 39 heavy (non-hydrogen) atoms. The van der Waals surface area contributed by atoms with E-state index in [-0.39, 0.29) is 10.8 Å². The van der Waals surface area contributed by atoms with Crippen LogP contribution in [0.15, 0.2) is 60.7 Å². The number of phenols is 1. The van der Waals surface area contributed by atoms with Gasteiger partial charge in [-0.15, -0.1) is 0 Å². The topological polar surface area (TPSA) is 58.3 Å². The van der Waals surface area contributed by atoms with E-state index in [2.05, 4.69) is 98.9 Å². The van der Waals surface area contributed by atoms with E-state index in [0.717, 1.165) is 50.0 Å². The first kappa shape index (κ1) is 28.5. The molecular formula is C32H40B4N2O. The molecule has 3 nitrogen and oxygen atoms in total. The first-order valence-electron chi connectivity index (χ1n) is 13.8. The van der Waals surface area contributed by atoms with Crippen LogP contribution in [0.25, 0.3) is 22.3 Å². The zero-order chi connectivity index (χ0) is 28.9. The molecule has 0 heterocycles. The third kappa shape index (κ3) is 5.50. The molecule has 0 atom stereocenters. The van der Waals surface area contributed by atoms with Gasteiger partial charge in [-0.1, -0.05) is 106 Å². The molecule has 196 valence electrons. The predicted octanol–water partition coefficient (Wildman–Crippen LogP) is 1.68. The Balaban J connectivity index is 2.11. The number of rotatable bonds is 4. The molecule has 0 radical (unpaired) electrons. The molecule has 4 aromatic rings. The molecule has 0 fully saturated rings. The van der Waals surface area contributed by atoms with Crippen molar-refractivity contribution in [2.24, 2.45) is 0 Å². The van der Waals surface area contributed by atoms with Crippen LogP contribution >= 0.6 is 0 Å². The largest absolute Gasteiger partial charge is 0.509 e. The Kier molecular flexibility index (Phi) is 7.51.